The highest BCUT2D eigenvalue weighted by molar-refractivity contribution is 6.32. The molecule has 8 heteroatoms. The van der Waals surface area contributed by atoms with E-state index in [1.54, 1.807) is 25.3 Å². The Labute approximate surface area is 182 Å². The van der Waals surface area contributed by atoms with E-state index in [-0.39, 0.29) is 11.9 Å². The number of amides is 1. The maximum atomic E-state index is 12.5. The van der Waals surface area contributed by atoms with E-state index in [1.807, 2.05) is 13.8 Å². The van der Waals surface area contributed by atoms with Gasteiger partial charge in [-0.05, 0) is 50.0 Å². The molecule has 2 heterocycles. The average molecular weight is 433 g/mol. The molecule has 1 unspecified atom stereocenters. The van der Waals surface area contributed by atoms with Crippen LogP contribution in [0.2, 0.25) is 5.02 Å². The molecule has 0 bridgehead atoms. The number of aromatic nitrogens is 3. The van der Waals surface area contributed by atoms with E-state index in [4.69, 9.17) is 21.1 Å². The number of methoxy groups -OCH3 is 1. The van der Waals surface area contributed by atoms with Crippen molar-refractivity contribution in [2.75, 3.05) is 13.7 Å². The zero-order chi connectivity index (χ0) is 21.5. The number of hydrogen-bond donors (Lipinski definition) is 1. The van der Waals surface area contributed by atoms with E-state index in [0.717, 1.165) is 49.4 Å². The lowest BCUT2D eigenvalue weighted by atomic mass is 10.1. The van der Waals surface area contributed by atoms with Crippen LogP contribution in [0.3, 0.4) is 0 Å². The Morgan fingerprint density at radius 1 is 1.33 bits per heavy atom. The van der Waals surface area contributed by atoms with Crippen molar-refractivity contribution in [1.29, 1.82) is 0 Å². The van der Waals surface area contributed by atoms with Gasteiger partial charge in [0.1, 0.15) is 5.82 Å². The third-order valence-corrected chi connectivity index (χ3v) is 5.29. The van der Waals surface area contributed by atoms with Gasteiger partial charge in [-0.3, -0.25) is 4.79 Å². The number of aryl methyl sites for hydroxylation is 1. The molecule has 1 N–H and O–H groups in total. The zero-order valence-corrected chi connectivity index (χ0v) is 18.5. The predicted molar refractivity (Wildman–Crippen MR) is 117 cm³/mol. The highest BCUT2D eigenvalue weighted by atomic mass is 35.5. The zero-order valence-electron chi connectivity index (χ0n) is 17.8. The summed E-state index contributed by atoms with van der Waals surface area (Å²) < 4.78 is 13.2. The van der Waals surface area contributed by atoms with Crippen LogP contribution >= 0.6 is 11.6 Å². The Morgan fingerprint density at radius 2 is 2.17 bits per heavy atom. The van der Waals surface area contributed by atoms with Gasteiger partial charge in [0.05, 0.1) is 24.8 Å². The van der Waals surface area contributed by atoms with Gasteiger partial charge in [-0.25, -0.2) is 0 Å². The number of hydrogen-bond acceptors (Lipinski definition) is 5. The lowest BCUT2D eigenvalue weighted by molar-refractivity contribution is -0.117. The first-order chi connectivity index (χ1) is 14.5. The van der Waals surface area contributed by atoms with Crippen LogP contribution in [0.5, 0.6) is 11.5 Å². The number of halogens is 1. The Hall–Kier alpha value is -2.54. The smallest absolute Gasteiger partial charge is 0.244 e. The van der Waals surface area contributed by atoms with Gasteiger partial charge in [-0.1, -0.05) is 24.9 Å². The largest absolute Gasteiger partial charge is 0.493 e. The summed E-state index contributed by atoms with van der Waals surface area (Å²) in [6, 6.07) is 3.31. The highest BCUT2D eigenvalue weighted by Crippen LogP contribution is 2.36. The lowest BCUT2D eigenvalue weighted by Gasteiger charge is -2.14. The fraction of sp³-hybridized carbons (Fsp3) is 0.500. The molecule has 0 saturated carbocycles. The summed E-state index contributed by atoms with van der Waals surface area (Å²) >= 11 is 6.34. The minimum atomic E-state index is -0.232. The Kier molecular flexibility index (Phi) is 7.74. The predicted octanol–water partition coefficient (Wildman–Crippen LogP) is 4.35. The number of benzene rings is 1. The molecule has 0 saturated heterocycles. The van der Waals surface area contributed by atoms with Gasteiger partial charge >= 0.3 is 0 Å². The second kappa shape index (κ2) is 10.5. The van der Waals surface area contributed by atoms with Crippen LogP contribution in [-0.4, -0.2) is 34.4 Å². The second-order valence-corrected chi connectivity index (χ2v) is 7.79. The van der Waals surface area contributed by atoms with Crippen molar-refractivity contribution in [2.45, 2.75) is 58.5 Å². The fourth-order valence-electron chi connectivity index (χ4n) is 3.51. The molecule has 3 rings (SSSR count). The van der Waals surface area contributed by atoms with Gasteiger partial charge in [0.25, 0.3) is 0 Å². The number of ether oxygens (including phenoxy) is 2. The number of fused-ring (bicyclic) bond motifs is 1. The number of carbonyl (C=O) groups is 1. The summed E-state index contributed by atoms with van der Waals surface area (Å²) in [7, 11) is 1.56. The van der Waals surface area contributed by atoms with Crippen LogP contribution in [0.25, 0.3) is 6.08 Å². The maximum absolute atomic E-state index is 12.5. The summed E-state index contributed by atoms with van der Waals surface area (Å²) in [5.74, 6) is 2.65. The molecule has 0 aliphatic carbocycles. The van der Waals surface area contributed by atoms with Gasteiger partial charge in [0.2, 0.25) is 5.91 Å². The number of nitrogens with one attached hydrogen (secondary N) is 1. The molecule has 0 fully saturated rings. The van der Waals surface area contributed by atoms with Gasteiger partial charge in [0, 0.05) is 19.0 Å². The topological polar surface area (TPSA) is 78.3 Å². The minimum Gasteiger partial charge on any atom is -0.493 e. The van der Waals surface area contributed by atoms with Gasteiger partial charge in [-0.15, -0.1) is 10.2 Å². The van der Waals surface area contributed by atoms with E-state index in [2.05, 4.69) is 20.1 Å². The third-order valence-electron chi connectivity index (χ3n) is 5.01. The van der Waals surface area contributed by atoms with Crippen LogP contribution in [0.15, 0.2) is 18.2 Å². The first-order valence-corrected chi connectivity index (χ1v) is 10.8. The molecule has 2 aromatic rings. The van der Waals surface area contributed by atoms with Crippen molar-refractivity contribution in [3.63, 3.8) is 0 Å². The van der Waals surface area contributed by atoms with Crippen LogP contribution in [0.4, 0.5) is 0 Å². The monoisotopic (exact) mass is 432 g/mol. The molecule has 1 aromatic carbocycles. The third kappa shape index (κ3) is 5.33. The van der Waals surface area contributed by atoms with Crippen LogP contribution in [0, 0.1) is 0 Å². The summed E-state index contributed by atoms with van der Waals surface area (Å²) in [6.07, 6.45) is 8.43. The molecule has 1 aliphatic rings. The van der Waals surface area contributed by atoms with E-state index in [9.17, 15) is 4.79 Å². The average Bonchev–Trinajstić information content (AvgIpc) is 2.99. The molecule has 1 aromatic heterocycles. The second-order valence-electron chi connectivity index (χ2n) is 7.38. The van der Waals surface area contributed by atoms with E-state index in [0.29, 0.717) is 23.1 Å². The van der Waals surface area contributed by atoms with Crippen molar-refractivity contribution in [3.8, 4) is 11.5 Å². The van der Waals surface area contributed by atoms with Crippen molar-refractivity contribution in [1.82, 2.24) is 20.1 Å². The van der Waals surface area contributed by atoms with Crippen molar-refractivity contribution in [2.24, 2.45) is 0 Å². The van der Waals surface area contributed by atoms with Gasteiger partial charge in [-0.2, -0.15) is 0 Å². The van der Waals surface area contributed by atoms with Crippen molar-refractivity contribution >= 4 is 23.6 Å². The van der Waals surface area contributed by atoms with E-state index >= 15 is 0 Å². The van der Waals surface area contributed by atoms with Gasteiger partial charge < -0.3 is 19.4 Å². The molecular formula is C22H29ClN4O3. The first-order valence-electron chi connectivity index (χ1n) is 10.4. The molecule has 0 spiro atoms. The molecule has 7 nitrogen and oxygen atoms in total. The standard InChI is InChI=1S/C22H29ClN4O3/c1-4-12-30-21-17(23)13-16(14-18(21)29-3)9-10-20(28)24-15(2)22-26-25-19-8-6-5-7-11-27(19)22/h9-10,13-15H,4-8,11-12H2,1-3H3,(H,24,28). The lowest BCUT2D eigenvalue weighted by Crippen LogP contribution is -2.27. The van der Waals surface area contributed by atoms with E-state index < -0.39 is 0 Å². The number of carbonyl (C=O) groups excluding carboxylic acids is 1. The summed E-state index contributed by atoms with van der Waals surface area (Å²) in [5.41, 5.74) is 0.750. The molecule has 1 aliphatic heterocycles. The van der Waals surface area contributed by atoms with Crippen LogP contribution in [0.1, 0.15) is 62.8 Å². The minimum absolute atomic E-state index is 0.213. The summed E-state index contributed by atoms with van der Waals surface area (Å²) in [4.78, 5) is 12.5. The SMILES string of the molecule is CCCOc1c(Cl)cc(C=CC(=O)NC(C)c2nnc3n2CCCCC3)cc1OC. The van der Waals surface area contributed by atoms with E-state index in [1.165, 1.54) is 12.5 Å². The Balaban J connectivity index is 1.67. The van der Waals surface area contributed by atoms with Crippen molar-refractivity contribution in [3.05, 3.63) is 40.4 Å². The number of nitrogens with zero attached hydrogens (tertiary/aromatic N) is 3. The molecule has 1 amide bonds. The normalized spacial score (nSPS) is 14.8. The Morgan fingerprint density at radius 3 is 2.93 bits per heavy atom. The first kappa shape index (κ1) is 22.2. The summed E-state index contributed by atoms with van der Waals surface area (Å²) in [5, 5.41) is 12.0. The van der Waals surface area contributed by atoms with Crippen molar-refractivity contribution < 1.29 is 14.3 Å². The number of rotatable bonds is 8. The maximum Gasteiger partial charge on any atom is 0.244 e. The molecule has 0 radical (unpaired) electrons. The summed E-state index contributed by atoms with van der Waals surface area (Å²) in [6.45, 7) is 5.40. The quantitative estimate of drug-likeness (QED) is 0.627. The van der Waals surface area contributed by atoms with Gasteiger partial charge in [0.15, 0.2) is 17.3 Å². The molecule has 162 valence electrons. The molecular weight excluding hydrogens is 404 g/mol. The highest BCUT2D eigenvalue weighted by Gasteiger charge is 2.20. The van der Waals surface area contributed by atoms with Crippen LogP contribution < -0.4 is 14.8 Å². The molecule has 30 heavy (non-hydrogen) atoms. The molecule has 1 atom stereocenters. The Bertz CT molecular complexity index is 910. The van der Waals surface area contributed by atoms with Crippen LogP contribution in [-0.2, 0) is 17.8 Å². The fourth-order valence-corrected chi connectivity index (χ4v) is 3.78.